The molecule has 5 heteroatoms. The second-order valence-electron chi connectivity index (χ2n) is 0. The van der Waals surface area contributed by atoms with E-state index in [1.54, 1.807) is 0 Å². The van der Waals surface area contributed by atoms with Crippen molar-refractivity contribution < 1.29 is 63.3 Å². The van der Waals surface area contributed by atoms with Crippen LogP contribution in [-0.2, 0) is 63.3 Å². The second-order valence-corrected chi connectivity index (χ2v) is 0. The minimum absolute atomic E-state index is 0. The molecule has 0 aromatic heterocycles. The molecule has 0 aliphatic heterocycles. The third-order valence-electron chi connectivity index (χ3n) is 0. The van der Waals surface area contributed by atoms with Crippen molar-refractivity contribution in [2.75, 3.05) is 0 Å². The van der Waals surface area contributed by atoms with E-state index in [0.717, 1.165) is 0 Å². The van der Waals surface area contributed by atoms with Gasteiger partial charge in [-0.2, -0.15) is 0 Å². The molecule has 3 nitrogen and oxygen atoms in total. The van der Waals surface area contributed by atoms with Crippen LogP contribution < -0.4 is 0 Å². The molecule has 0 saturated heterocycles. The van der Waals surface area contributed by atoms with Crippen molar-refractivity contribution in [2.24, 2.45) is 0 Å². The minimum atomic E-state index is 0. The Hall–Kier alpha value is 1.44. The van der Waals surface area contributed by atoms with E-state index in [2.05, 4.69) is 0 Å². The zero-order valence-corrected chi connectivity index (χ0v) is 7.91. The summed E-state index contributed by atoms with van der Waals surface area (Å²) in [6.45, 7) is 0. The standard InChI is InChI=1S/Hf.3O.Pt/q+4;3*-2;+2. The zero-order valence-electron chi connectivity index (χ0n) is 2.04. The van der Waals surface area contributed by atoms with Crippen LogP contribution in [0.4, 0.5) is 0 Å². The van der Waals surface area contributed by atoms with Crippen molar-refractivity contribution in [3.05, 3.63) is 0 Å². The maximum atomic E-state index is 0. The van der Waals surface area contributed by atoms with Gasteiger partial charge in [0.15, 0.2) is 0 Å². The summed E-state index contributed by atoms with van der Waals surface area (Å²) in [5.74, 6) is 0. The molecule has 0 atom stereocenters. The summed E-state index contributed by atoms with van der Waals surface area (Å²) < 4.78 is 0. The van der Waals surface area contributed by atoms with Gasteiger partial charge < -0.3 is 16.4 Å². The van der Waals surface area contributed by atoms with Crippen molar-refractivity contribution >= 4 is 0 Å². The first-order chi connectivity index (χ1) is 0. The fourth-order valence-corrected chi connectivity index (χ4v) is 0. The molecule has 0 radical (unpaired) electrons. The summed E-state index contributed by atoms with van der Waals surface area (Å²) in [5, 5.41) is 0. The smallest absolute Gasteiger partial charge is 2.00 e. The van der Waals surface area contributed by atoms with Gasteiger partial charge in [0, 0.05) is 0 Å². The molecule has 0 unspecified atom stereocenters. The second kappa shape index (κ2) is 51.8. The third kappa shape index (κ3) is 31.1. The van der Waals surface area contributed by atoms with Crippen molar-refractivity contribution in [1.82, 2.24) is 0 Å². The van der Waals surface area contributed by atoms with Gasteiger partial charge in [0.05, 0.1) is 0 Å². The van der Waals surface area contributed by atoms with E-state index in [1.165, 1.54) is 0 Å². The topological polar surface area (TPSA) is 85.5 Å². The van der Waals surface area contributed by atoms with Crippen LogP contribution in [0.25, 0.3) is 0 Å². The normalized spacial score (nSPS) is 0. The Kier molecular flexibility index (Phi) is 953. The van der Waals surface area contributed by atoms with Crippen LogP contribution in [0.2, 0.25) is 0 Å². The zero-order chi connectivity index (χ0) is 0. The van der Waals surface area contributed by atoms with Gasteiger partial charge in [-0.3, -0.25) is 0 Å². The Bertz CT molecular complexity index is 6.85. The van der Waals surface area contributed by atoms with Crippen LogP contribution in [0.1, 0.15) is 0 Å². The summed E-state index contributed by atoms with van der Waals surface area (Å²) in [6.07, 6.45) is 0. The van der Waals surface area contributed by atoms with E-state index in [0.29, 0.717) is 0 Å². The monoisotopic (exact) mass is 423 g/mol. The van der Waals surface area contributed by atoms with E-state index < -0.39 is 0 Å². The molecule has 0 rings (SSSR count). The van der Waals surface area contributed by atoms with Crippen LogP contribution in [0, 0.1) is 0 Å². The van der Waals surface area contributed by atoms with Crippen molar-refractivity contribution in [1.29, 1.82) is 0 Å². The van der Waals surface area contributed by atoms with E-state index in [9.17, 15) is 0 Å². The average molecular weight is 422 g/mol. The van der Waals surface area contributed by atoms with Crippen molar-refractivity contribution in [3.8, 4) is 0 Å². The molecular weight excluding hydrogens is 422 g/mol. The molecule has 0 aliphatic carbocycles. The molecule has 0 saturated carbocycles. The summed E-state index contributed by atoms with van der Waals surface area (Å²) in [4.78, 5) is 0. The molecule has 0 heterocycles. The molecule has 5 heavy (non-hydrogen) atoms. The summed E-state index contributed by atoms with van der Waals surface area (Å²) in [6, 6.07) is 0. The van der Waals surface area contributed by atoms with Gasteiger partial charge in [-0.1, -0.05) is 0 Å². The first kappa shape index (κ1) is 92.0. The Morgan fingerprint density at radius 2 is 0.600 bits per heavy atom. The number of hydrogen-bond donors (Lipinski definition) is 0. The fraction of sp³-hybridized carbons (Fsp3) is 0. The maximum absolute atomic E-state index is 0. The third-order valence-corrected chi connectivity index (χ3v) is 0. The molecule has 0 bridgehead atoms. The molecule has 0 N–H and O–H groups in total. The number of hydrogen-bond acceptors (Lipinski definition) is 0. The Morgan fingerprint density at radius 3 is 0.600 bits per heavy atom. The maximum Gasteiger partial charge on any atom is 4.00 e. The first-order valence-electron chi connectivity index (χ1n) is 0. The minimum Gasteiger partial charge on any atom is -2.00 e. The molecule has 0 aromatic rings. The molecule has 0 aliphatic rings. The Morgan fingerprint density at radius 1 is 0.600 bits per heavy atom. The van der Waals surface area contributed by atoms with Crippen LogP contribution in [-0.4, -0.2) is 0 Å². The molecule has 0 spiro atoms. The van der Waals surface area contributed by atoms with Gasteiger partial charge in [0.1, 0.15) is 0 Å². The van der Waals surface area contributed by atoms with E-state index >= 15 is 0 Å². The predicted octanol–water partition coefficient (Wildman–Crippen LogP) is -0.361. The van der Waals surface area contributed by atoms with Crippen LogP contribution in [0.3, 0.4) is 0 Å². The molecular formula is HfO3Pt. The Balaban J connectivity index is 0. The van der Waals surface area contributed by atoms with Crippen LogP contribution in [0.15, 0.2) is 0 Å². The number of rotatable bonds is 0. The van der Waals surface area contributed by atoms with Crippen LogP contribution in [0.5, 0.6) is 0 Å². The van der Waals surface area contributed by atoms with E-state index in [1.807, 2.05) is 0 Å². The Labute approximate surface area is 63.1 Å². The predicted molar refractivity (Wildman–Crippen MR) is 2.06 cm³/mol. The van der Waals surface area contributed by atoms with Gasteiger partial charge in [0.25, 0.3) is 0 Å². The molecule has 0 fully saturated rings. The fourth-order valence-electron chi connectivity index (χ4n) is 0. The van der Waals surface area contributed by atoms with Gasteiger partial charge >= 0.3 is 46.9 Å². The molecule has 32 valence electrons. The largest absolute Gasteiger partial charge is 4.00 e. The van der Waals surface area contributed by atoms with Crippen LogP contribution >= 0.6 is 0 Å². The van der Waals surface area contributed by atoms with Crippen molar-refractivity contribution in [3.63, 3.8) is 0 Å². The van der Waals surface area contributed by atoms with Gasteiger partial charge in [-0.25, -0.2) is 0 Å². The van der Waals surface area contributed by atoms with E-state index in [4.69, 9.17) is 0 Å². The molecule has 0 aromatic carbocycles. The quantitative estimate of drug-likeness (QED) is 0.479. The first-order valence-corrected chi connectivity index (χ1v) is 0. The van der Waals surface area contributed by atoms with Gasteiger partial charge in [0.2, 0.25) is 0 Å². The SMILES string of the molecule is [Hf+4].[O-2].[O-2].[O-2].[Pt+2]. The average Bonchev–Trinajstić information content (AvgIpc) is 0. The summed E-state index contributed by atoms with van der Waals surface area (Å²) in [7, 11) is 0. The van der Waals surface area contributed by atoms with Gasteiger partial charge in [-0.05, 0) is 0 Å². The summed E-state index contributed by atoms with van der Waals surface area (Å²) >= 11 is 0. The van der Waals surface area contributed by atoms with E-state index in [-0.39, 0.29) is 63.3 Å². The van der Waals surface area contributed by atoms with Crippen molar-refractivity contribution in [2.45, 2.75) is 0 Å². The molecule has 0 amide bonds. The summed E-state index contributed by atoms with van der Waals surface area (Å²) in [5.41, 5.74) is 0. The van der Waals surface area contributed by atoms with Gasteiger partial charge in [-0.15, -0.1) is 0 Å².